The highest BCUT2D eigenvalue weighted by Crippen LogP contribution is 2.39. The van der Waals surface area contributed by atoms with Crippen LogP contribution in [0.1, 0.15) is 43.4 Å². The summed E-state index contributed by atoms with van der Waals surface area (Å²) in [5.41, 5.74) is 5.13. The molecule has 23 heavy (non-hydrogen) atoms. The lowest BCUT2D eigenvalue weighted by Crippen LogP contribution is -2.21. The lowest BCUT2D eigenvalue weighted by atomic mass is 9.86. The van der Waals surface area contributed by atoms with Gasteiger partial charge >= 0.3 is 0 Å². The SMILES string of the molecule is CC1=NS(=O)(=O)c2ccc(C)c([C@@H](C)c3ccccc3C)c2N1.[HH]. The molecule has 3 rings (SSSR count). The van der Waals surface area contributed by atoms with Gasteiger partial charge in [0.25, 0.3) is 10.0 Å². The molecule has 1 N–H and O–H groups in total. The van der Waals surface area contributed by atoms with Crippen molar-refractivity contribution in [1.29, 1.82) is 0 Å². The van der Waals surface area contributed by atoms with Crippen LogP contribution in [0.3, 0.4) is 0 Å². The Morgan fingerprint density at radius 3 is 2.43 bits per heavy atom. The largest absolute Gasteiger partial charge is 0.342 e. The van der Waals surface area contributed by atoms with E-state index in [0.717, 1.165) is 11.1 Å². The summed E-state index contributed by atoms with van der Waals surface area (Å²) in [6, 6.07) is 11.7. The van der Waals surface area contributed by atoms with Crippen molar-refractivity contribution >= 4 is 21.5 Å². The maximum Gasteiger partial charge on any atom is 0.286 e. The number of amidine groups is 1. The Hall–Kier alpha value is -2.14. The maximum atomic E-state index is 12.3. The van der Waals surface area contributed by atoms with Gasteiger partial charge in [0.1, 0.15) is 10.7 Å². The van der Waals surface area contributed by atoms with Gasteiger partial charge in [0.2, 0.25) is 0 Å². The highest BCUT2D eigenvalue weighted by atomic mass is 32.2. The first-order valence-electron chi connectivity index (χ1n) is 7.59. The monoisotopic (exact) mass is 330 g/mol. The summed E-state index contributed by atoms with van der Waals surface area (Å²) in [6.45, 7) is 7.87. The van der Waals surface area contributed by atoms with Crippen LogP contribution >= 0.6 is 0 Å². The summed E-state index contributed by atoms with van der Waals surface area (Å²) in [6.07, 6.45) is 0. The number of benzene rings is 2. The van der Waals surface area contributed by atoms with Gasteiger partial charge in [-0.25, -0.2) is 0 Å². The molecule has 0 saturated heterocycles. The van der Waals surface area contributed by atoms with Crippen molar-refractivity contribution in [2.45, 2.75) is 38.5 Å². The number of rotatable bonds is 2. The third-order valence-electron chi connectivity index (χ3n) is 4.35. The molecular weight excluding hydrogens is 308 g/mol. The molecule has 0 aromatic heterocycles. The van der Waals surface area contributed by atoms with Gasteiger partial charge in [0.05, 0.1) is 5.69 Å². The zero-order chi connectivity index (χ0) is 16.8. The third kappa shape index (κ3) is 2.65. The minimum atomic E-state index is -3.63. The molecule has 1 heterocycles. The topological polar surface area (TPSA) is 58.5 Å². The van der Waals surface area contributed by atoms with Gasteiger partial charge in [-0.1, -0.05) is 37.3 Å². The molecule has 2 aromatic carbocycles. The maximum absolute atomic E-state index is 12.3. The fourth-order valence-electron chi connectivity index (χ4n) is 3.27. The number of nitrogens with zero attached hydrogens (tertiary/aromatic N) is 1. The van der Waals surface area contributed by atoms with Crippen molar-refractivity contribution < 1.29 is 9.84 Å². The number of hydrogen-bond donors (Lipinski definition) is 1. The van der Waals surface area contributed by atoms with Crippen LogP contribution in [0.5, 0.6) is 0 Å². The molecule has 0 radical (unpaired) electrons. The van der Waals surface area contributed by atoms with Gasteiger partial charge < -0.3 is 5.32 Å². The van der Waals surface area contributed by atoms with Crippen molar-refractivity contribution in [3.63, 3.8) is 0 Å². The highest BCUT2D eigenvalue weighted by molar-refractivity contribution is 7.90. The number of sulfonamides is 1. The van der Waals surface area contributed by atoms with Crippen LogP contribution in [-0.4, -0.2) is 14.3 Å². The molecule has 0 bridgehead atoms. The van der Waals surface area contributed by atoms with E-state index in [2.05, 4.69) is 35.7 Å². The van der Waals surface area contributed by atoms with Crippen LogP contribution in [0, 0.1) is 13.8 Å². The predicted octanol–water partition coefficient (Wildman–Crippen LogP) is 4.23. The van der Waals surface area contributed by atoms with Crippen LogP contribution in [0.4, 0.5) is 5.69 Å². The Morgan fingerprint density at radius 2 is 1.74 bits per heavy atom. The number of anilines is 1. The average Bonchev–Trinajstić information content (AvgIpc) is 2.45. The standard InChI is InChI=1S/C18H20N2O2S.H2/c1-11-7-5-6-8-15(11)13(3)17-12(2)9-10-16-18(17)19-14(4)20-23(16,21)22;/h5-10,13H,1-4H3,(H,19,20);1H/t13-;/m0./s1. The number of hydrogen-bond acceptors (Lipinski definition) is 3. The van der Waals surface area contributed by atoms with E-state index in [1.165, 1.54) is 11.1 Å². The van der Waals surface area contributed by atoms with Gasteiger partial charge in [-0.2, -0.15) is 8.42 Å². The number of fused-ring (bicyclic) bond motifs is 1. The van der Waals surface area contributed by atoms with Gasteiger partial charge in [-0.3, -0.25) is 0 Å². The zero-order valence-corrected chi connectivity index (χ0v) is 14.5. The fourth-order valence-corrected chi connectivity index (χ4v) is 4.43. The van der Waals surface area contributed by atoms with Gasteiger partial charge in [0, 0.05) is 7.34 Å². The Morgan fingerprint density at radius 1 is 1.04 bits per heavy atom. The molecule has 5 heteroatoms. The van der Waals surface area contributed by atoms with E-state index in [1.54, 1.807) is 13.0 Å². The molecule has 2 aromatic rings. The molecule has 1 atom stereocenters. The highest BCUT2D eigenvalue weighted by Gasteiger charge is 2.28. The van der Waals surface area contributed by atoms with Gasteiger partial charge in [-0.05, 0) is 49.1 Å². The van der Waals surface area contributed by atoms with Crippen LogP contribution in [0.25, 0.3) is 0 Å². The average molecular weight is 330 g/mol. The molecule has 0 spiro atoms. The Balaban J connectivity index is 0.00000208. The summed E-state index contributed by atoms with van der Waals surface area (Å²) in [5.74, 6) is 0.487. The molecular formula is C18H22N2O2S. The normalized spacial score (nSPS) is 17.0. The Kier molecular flexibility index (Phi) is 3.76. The minimum absolute atomic E-state index is 0. The van der Waals surface area contributed by atoms with Crippen molar-refractivity contribution in [2.75, 3.05) is 5.32 Å². The van der Waals surface area contributed by atoms with E-state index in [0.29, 0.717) is 11.5 Å². The summed E-state index contributed by atoms with van der Waals surface area (Å²) in [5, 5.41) is 3.17. The predicted molar refractivity (Wildman–Crippen MR) is 95.9 cm³/mol. The van der Waals surface area contributed by atoms with Crippen LogP contribution < -0.4 is 5.32 Å². The molecule has 0 amide bonds. The molecule has 0 aliphatic carbocycles. The number of aryl methyl sites for hydroxylation is 2. The lowest BCUT2D eigenvalue weighted by Gasteiger charge is -2.25. The van der Waals surface area contributed by atoms with E-state index in [9.17, 15) is 8.42 Å². The second-order valence-electron chi connectivity index (χ2n) is 6.02. The first kappa shape index (κ1) is 15.7. The second-order valence-corrected chi connectivity index (χ2v) is 7.60. The van der Waals surface area contributed by atoms with Crippen molar-refractivity contribution in [1.82, 2.24) is 0 Å². The summed E-state index contributed by atoms with van der Waals surface area (Å²) in [7, 11) is -3.63. The molecule has 4 nitrogen and oxygen atoms in total. The van der Waals surface area contributed by atoms with Crippen molar-refractivity contribution in [3.8, 4) is 0 Å². The summed E-state index contributed by atoms with van der Waals surface area (Å²) >= 11 is 0. The van der Waals surface area contributed by atoms with E-state index >= 15 is 0 Å². The fraction of sp³-hybridized carbons (Fsp3) is 0.278. The molecule has 0 saturated carbocycles. The Labute approximate surface area is 138 Å². The molecule has 0 fully saturated rings. The van der Waals surface area contributed by atoms with Crippen LogP contribution in [0.2, 0.25) is 0 Å². The van der Waals surface area contributed by atoms with Gasteiger partial charge in [-0.15, -0.1) is 4.40 Å². The van der Waals surface area contributed by atoms with E-state index < -0.39 is 10.0 Å². The minimum Gasteiger partial charge on any atom is -0.342 e. The van der Waals surface area contributed by atoms with Crippen LogP contribution in [0.15, 0.2) is 45.7 Å². The zero-order valence-electron chi connectivity index (χ0n) is 13.7. The van der Waals surface area contributed by atoms with E-state index in [1.807, 2.05) is 25.1 Å². The Bertz CT molecular complexity index is 921. The molecule has 1 aliphatic heterocycles. The quantitative estimate of drug-likeness (QED) is 0.896. The molecule has 122 valence electrons. The summed E-state index contributed by atoms with van der Waals surface area (Å²) in [4.78, 5) is 0.254. The molecule has 0 unspecified atom stereocenters. The van der Waals surface area contributed by atoms with Gasteiger partial charge in [0.15, 0.2) is 0 Å². The summed E-state index contributed by atoms with van der Waals surface area (Å²) < 4.78 is 28.4. The first-order valence-corrected chi connectivity index (χ1v) is 9.03. The van der Waals surface area contributed by atoms with Crippen LogP contribution in [-0.2, 0) is 10.0 Å². The first-order chi connectivity index (χ1) is 10.8. The van der Waals surface area contributed by atoms with Crippen molar-refractivity contribution in [2.24, 2.45) is 4.40 Å². The molecule has 1 aliphatic rings. The van der Waals surface area contributed by atoms with E-state index in [-0.39, 0.29) is 12.2 Å². The smallest absolute Gasteiger partial charge is 0.286 e. The van der Waals surface area contributed by atoms with Crippen molar-refractivity contribution in [3.05, 3.63) is 58.7 Å². The van der Waals surface area contributed by atoms with E-state index in [4.69, 9.17) is 0 Å². The second kappa shape index (κ2) is 5.49. The third-order valence-corrected chi connectivity index (χ3v) is 5.76. The number of nitrogens with one attached hydrogen (secondary N) is 1. The lowest BCUT2D eigenvalue weighted by molar-refractivity contribution is 0.597.